The molecular formula is C11H18ClN5. The highest BCUT2D eigenvalue weighted by Gasteiger charge is 2.24. The van der Waals surface area contributed by atoms with Crippen LogP contribution in [0.4, 0.5) is 11.9 Å². The Morgan fingerprint density at radius 2 is 2.06 bits per heavy atom. The molecule has 3 N–H and O–H groups in total. The normalized spacial score (nSPS) is 24.6. The first kappa shape index (κ1) is 12.4. The molecule has 1 aliphatic rings. The summed E-state index contributed by atoms with van der Waals surface area (Å²) in [4.78, 5) is 11.9. The molecule has 1 heterocycles. The zero-order chi connectivity index (χ0) is 12.3. The van der Waals surface area contributed by atoms with E-state index in [4.69, 9.17) is 17.3 Å². The maximum Gasteiger partial charge on any atom is 0.229 e. The third kappa shape index (κ3) is 3.19. The van der Waals surface area contributed by atoms with Gasteiger partial charge >= 0.3 is 0 Å². The van der Waals surface area contributed by atoms with Crippen molar-refractivity contribution in [3.05, 3.63) is 5.28 Å². The lowest BCUT2D eigenvalue weighted by Crippen LogP contribution is -2.32. The van der Waals surface area contributed by atoms with Crippen LogP contribution in [0.2, 0.25) is 5.28 Å². The second-order valence-electron chi connectivity index (χ2n) is 4.49. The van der Waals surface area contributed by atoms with Crippen molar-refractivity contribution in [1.82, 2.24) is 15.0 Å². The third-order valence-electron chi connectivity index (χ3n) is 3.37. The molecule has 1 aromatic rings. The molecule has 2 rings (SSSR count). The SMILES string of the molecule is CCC1CCCCC1Nc1nc(N)nc(Cl)n1. The fourth-order valence-electron chi connectivity index (χ4n) is 2.48. The van der Waals surface area contributed by atoms with Crippen molar-refractivity contribution in [2.75, 3.05) is 11.1 Å². The first-order valence-electron chi connectivity index (χ1n) is 6.12. The van der Waals surface area contributed by atoms with Crippen LogP contribution in [-0.2, 0) is 0 Å². The van der Waals surface area contributed by atoms with Gasteiger partial charge < -0.3 is 11.1 Å². The molecule has 0 spiro atoms. The highest BCUT2D eigenvalue weighted by atomic mass is 35.5. The van der Waals surface area contributed by atoms with Gasteiger partial charge in [0.15, 0.2) is 0 Å². The number of nitrogens with two attached hydrogens (primary N) is 1. The van der Waals surface area contributed by atoms with Crippen LogP contribution in [0.25, 0.3) is 0 Å². The van der Waals surface area contributed by atoms with Gasteiger partial charge in [0.1, 0.15) is 0 Å². The number of halogens is 1. The Kier molecular flexibility index (Phi) is 3.99. The number of nitrogens with one attached hydrogen (secondary N) is 1. The standard InChI is InChI=1S/C11H18ClN5/c1-2-7-5-3-4-6-8(7)14-11-16-9(12)15-10(13)17-11/h7-8H,2-6H2,1H3,(H3,13,14,15,16,17). The van der Waals surface area contributed by atoms with Gasteiger partial charge in [0, 0.05) is 6.04 Å². The number of rotatable bonds is 3. The van der Waals surface area contributed by atoms with Crippen LogP contribution < -0.4 is 11.1 Å². The van der Waals surface area contributed by atoms with Crippen molar-refractivity contribution < 1.29 is 0 Å². The zero-order valence-electron chi connectivity index (χ0n) is 9.99. The molecular weight excluding hydrogens is 238 g/mol. The summed E-state index contributed by atoms with van der Waals surface area (Å²) < 4.78 is 0. The van der Waals surface area contributed by atoms with Crippen LogP contribution in [0.5, 0.6) is 0 Å². The van der Waals surface area contributed by atoms with E-state index in [1.54, 1.807) is 0 Å². The van der Waals surface area contributed by atoms with Crippen LogP contribution in [0.1, 0.15) is 39.0 Å². The first-order chi connectivity index (χ1) is 8.19. The summed E-state index contributed by atoms with van der Waals surface area (Å²) in [5.41, 5.74) is 5.55. The molecule has 1 fully saturated rings. The summed E-state index contributed by atoms with van der Waals surface area (Å²) in [7, 11) is 0. The second-order valence-corrected chi connectivity index (χ2v) is 4.83. The van der Waals surface area contributed by atoms with Crippen molar-refractivity contribution in [3.8, 4) is 0 Å². The molecule has 17 heavy (non-hydrogen) atoms. The molecule has 2 atom stereocenters. The van der Waals surface area contributed by atoms with Gasteiger partial charge in [-0.2, -0.15) is 15.0 Å². The smallest absolute Gasteiger partial charge is 0.229 e. The van der Waals surface area contributed by atoms with Crippen molar-refractivity contribution >= 4 is 23.5 Å². The monoisotopic (exact) mass is 255 g/mol. The Labute approximate surface area is 106 Å². The minimum Gasteiger partial charge on any atom is -0.368 e. The molecule has 1 aliphatic carbocycles. The van der Waals surface area contributed by atoms with E-state index in [-0.39, 0.29) is 11.2 Å². The van der Waals surface area contributed by atoms with Gasteiger partial charge in [-0.3, -0.25) is 0 Å². The van der Waals surface area contributed by atoms with Gasteiger partial charge in [-0.15, -0.1) is 0 Å². The number of nitrogen functional groups attached to an aromatic ring is 1. The fraction of sp³-hybridized carbons (Fsp3) is 0.727. The Balaban J connectivity index is 2.08. The molecule has 2 unspecified atom stereocenters. The molecule has 1 saturated carbocycles. The minimum atomic E-state index is 0.142. The van der Waals surface area contributed by atoms with E-state index in [0.29, 0.717) is 17.9 Å². The maximum atomic E-state index is 5.76. The van der Waals surface area contributed by atoms with E-state index in [0.717, 1.165) is 6.42 Å². The molecule has 94 valence electrons. The number of aromatic nitrogens is 3. The van der Waals surface area contributed by atoms with Crippen molar-refractivity contribution in [3.63, 3.8) is 0 Å². The van der Waals surface area contributed by atoms with Crippen LogP contribution in [-0.4, -0.2) is 21.0 Å². The average molecular weight is 256 g/mol. The van der Waals surface area contributed by atoms with E-state index in [2.05, 4.69) is 27.2 Å². The van der Waals surface area contributed by atoms with Crippen molar-refractivity contribution in [1.29, 1.82) is 0 Å². The van der Waals surface area contributed by atoms with Crippen LogP contribution in [0.3, 0.4) is 0 Å². The lowest BCUT2D eigenvalue weighted by atomic mass is 9.83. The summed E-state index contributed by atoms with van der Waals surface area (Å²) >= 11 is 5.76. The predicted octanol–water partition coefficient (Wildman–Crippen LogP) is 2.49. The van der Waals surface area contributed by atoms with E-state index in [9.17, 15) is 0 Å². The second kappa shape index (κ2) is 5.49. The summed E-state index contributed by atoms with van der Waals surface area (Å²) in [5.74, 6) is 1.34. The van der Waals surface area contributed by atoms with Gasteiger partial charge in [-0.1, -0.05) is 26.2 Å². The van der Waals surface area contributed by atoms with E-state index >= 15 is 0 Å². The Bertz CT molecular complexity index is 364. The Morgan fingerprint density at radius 1 is 1.29 bits per heavy atom. The molecule has 0 saturated heterocycles. The predicted molar refractivity (Wildman–Crippen MR) is 68.9 cm³/mol. The highest BCUT2D eigenvalue weighted by molar-refractivity contribution is 6.28. The Morgan fingerprint density at radius 3 is 2.76 bits per heavy atom. The largest absolute Gasteiger partial charge is 0.368 e. The van der Waals surface area contributed by atoms with Crippen molar-refractivity contribution in [2.24, 2.45) is 5.92 Å². The van der Waals surface area contributed by atoms with Crippen LogP contribution in [0.15, 0.2) is 0 Å². The molecule has 0 aliphatic heterocycles. The minimum absolute atomic E-state index is 0.142. The van der Waals surface area contributed by atoms with Gasteiger partial charge in [0.05, 0.1) is 0 Å². The summed E-state index contributed by atoms with van der Waals surface area (Å²) in [6, 6.07) is 0.423. The van der Waals surface area contributed by atoms with E-state index in [1.807, 2.05) is 0 Å². The zero-order valence-corrected chi connectivity index (χ0v) is 10.7. The third-order valence-corrected chi connectivity index (χ3v) is 3.54. The molecule has 1 aromatic heterocycles. The quantitative estimate of drug-likeness (QED) is 0.868. The molecule has 0 bridgehead atoms. The summed E-state index contributed by atoms with van der Waals surface area (Å²) in [5, 5.41) is 3.48. The number of hydrogen-bond acceptors (Lipinski definition) is 5. The summed E-state index contributed by atoms with van der Waals surface area (Å²) in [6.45, 7) is 2.22. The highest BCUT2D eigenvalue weighted by Crippen LogP contribution is 2.28. The maximum absolute atomic E-state index is 5.76. The van der Waals surface area contributed by atoms with E-state index in [1.165, 1.54) is 25.7 Å². The number of anilines is 2. The lowest BCUT2D eigenvalue weighted by molar-refractivity contribution is 0.316. The molecule has 0 radical (unpaired) electrons. The van der Waals surface area contributed by atoms with Crippen LogP contribution in [0, 0.1) is 5.92 Å². The lowest BCUT2D eigenvalue weighted by Gasteiger charge is -2.31. The number of nitrogens with zero attached hydrogens (tertiary/aromatic N) is 3. The topological polar surface area (TPSA) is 76.7 Å². The van der Waals surface area contributed by atoms with Crippen LogP contribution >= 0.6 is 11.6 Å². The number of hydrogen-bond donors (Lipinski definition) is 2. The van der Waals surface area contributed by atoms with Gasteiger partial charge in [-0.05, 0) is 30.4 Å². The molecule has 0 amide bonds. The Hall–Kier alpha value is -1.10. The van der Waals surface area contributed by atoms with Gasteiger partial charge in [0.2, 0.25) is 17.2 Å². The summed E-state index contributed by atoms with van der Waals surface area (Å²) in [6.07, 6.45) is 6.16. The van der Waals surface area contributed by atoms with Gasteiger partial charge in [-0.25, -0.2) is 0 Å². The first-order valence-corrected chi connectivity index (χ1v) is 6.50. The van der Waals surface area contributed by atoms with Crippen molar-refractivity contribution in [2.45, 2.75) is 45.1 Å². The molecule has 0 aromatic carbocycles. The fourth-order valence-corrected chi connectivity index (χ4v) is 2.65. The molecule has 6 heteroatoms. The molecule has 5 nitrogen and oxygen atoms in total. The van der Waals surface area contributed by atoms with E-state index < -0.39 is 0 Å². The average Bonchev–Trinajstić information content (AvgIpc) is 2.28. The van der Waals surface area contributed by atoms with Gasteiger partial charge in [0.25, 0.3) is 0 Å².